The van der Waals surface area contributed by atoms with Crippen molar-refractivity contribution in [2.24, 2.45) is 5.92 Å². The zero-order valence-corrected chi connectivity index (χ0v) is 8.88. The smallest absolute Gasteiger partial charge is 0.110 e. The third kappa shape index (κ3) is 2.93. The fraction of sp³-hybridized carbons (Fsp3) is 1.00. The lowest BCUT2D eigenvalue weighted by molar-refractivity contribution is -0.0462. The predicted octanol–water partition coefficient (Wildman–Crippen LogP) is 1.38. The Kier molecular flexibility index (Phi) is 4.70. The van der Waals surface area contributed by atoms with Crippen molar-refractivity contribution in [1.29, 1.82) is 0 Å². The summed E-state index contributed by atoms with van der Waals surface area (Å²) in [6.07, 6.45) is 4.14. The third-order valence-corrected chi connectivity index (χ3v) is 2.79. The molecule has 1 N–H and O–H groups in total. The van der Waals surface area contributed by atoms with E-state index in [-0.39, 0.29) is 6.23 Å². The minimum absolute atomic E-state index is 0.228. The van der Waals surface area contributed by atoms with Gasteiger partial charge in [-0.3, -0.25) is 5.32 Å². The molecule has 0 aromatic rings. The van der Waals surface area contributed by atoms with Gasteiger partial charge in [0.1, 0.15) is 6.23 Å². The molecule has 1 rings (SSSR count). The van der Waals surface area contributed by atoms with E-state index >= 15 is 0 Å². The lowest BCUT2D eigenvalue weighted by Crippen LogP contribution is -2.49. The largest absolute Gasteiger partial charge is 0.380 e. The first-order valence-electron chi connectivity index (χ1n) is 5.10. The Bertz CT molecular complexity index is 141. The topological polar surface area (TPSA) is 30.5 Å². The zero-order valence-electron chi connectivity index (χ0n) is 8.88. The molecule has 0 amide bonds. The monoisotopic (exact) mass is 187 g/mol. The van der Waals surface area contributed by atoms with Crippen LogP contribution in [0.15, 0.2) is 0 Å². The molecule has 3 nitrogen and oxygen atoms in total. The first-order valence-corrected chi connectivity index (χ1v) is 5.10. The van der Waals surface area contributed by atoms with Gasteiger partial charge < -0.3 is 9.47 Å². The highest BCUT2D eigenvalue weighted by Gasteiger charge is 2.29. The molecule has 0 aromatic carbocycles. The predicted molar refractivity (Wildman–Crippen MR) is 52.6 cm³/mol. The van der Waals surface area contributed by atoms with Gasteiger partial charge in [0.2, 0.25) is 0 Å². The minimum Gasteiger partial charge on any atom is -0.380 e. The van der Waals surface area contributed by atoms with E-state index in [0.29, 0.717) is 12.0 Å². The molecule has 0 aliphatic carbocycles. The summed E-state index contributed by atoms with van der Waals surface area (Å²) in [5, 5.41) is 3.36. The van der Waals surface area contributed by atoms with E-state index in [1.165, 1.54) is 12.8 Å². The molecule has 1 aliphatic rings. The van der Waals surface area contributed by atoms with Gasteiger partial charge in [-0.05, 0) is 12.8 Å². The van der Waals surface area contributed by atoms with Crippen LogP contribution in [0.2, 0.25) is 0 Å². The molecular weight excluding hydrogens is 166 g/mol. The molecule has 3 atom stereocenters. The summed E-state index contributed by atoms with van der Waals surface area (Å²) in [5.41, 5.74) is 0. The first kappa shape index (κ1) is 11.0. The van der Waals surface area contributed by atoms with Crippen LogP contribution in [0.4, 0.5) is 0 Å². The molecule has 1 saturated heterocycles. The highest BCUT2D eigenvalue weighted by atomic mass is 16.5. The molecule has 13 heavy (non-hydrogen) atoms. The van der Waals surface area contributed by atoms with E-state index in [2.05, 4.69) is 12.2 Å². The van der Waals surface area contributed by atoms with Gasteiger partial charge in [0.15, 0.2) is 0 Å². The second-order valence-corrected chi connectivity index (χ2v) is 3.71. The minimum atomic E-state index is 0.228. The first-order chi connectivity index (χ1) is 6.31. The second kappa shape index (κ2) is 5.58. The summed E-state index contributed by atoms with van der Waals surface area (Å²) in [4.78, 5) is 0. The summed E-state index contributed by atoms with van der Waals surface area (Å²) in [7, 11) is 3.55. The number of methoxy groups -OCH3 is 2. The Morgan fingerprint density at radius 2 is 2.08 bits per heavy atom. The van der Waals surface area contributed by atoms with E-state index in [4.69, 9.17) is 9.47 Å². The van der Waals surface area contributed by atoms with Crippen LogP contribution < -0.4 is 5.32 Å². The SMILES string of the molecule is CCCC1CC(OC)CNC1OC. The number of nitrogens with one attached hydrogen (secondary N) is 1. The normalized spacial score (nSPS) is 34.8. The molecule has 0 aromatic heterocycles. The van der Waals surface area contributed by atoms with Crippen molar-refractivity contribution in [3.8, 4) is 0 Å². The van der Waals surface area contributed by atoms with Gasteiger partial charge in [0.05, 0.1) is 6.10 Å². The maximum Gasteiger partial charge on any atom is 0.110 e. The van der Waals surface area contributed by atoms with Crippen molar-refractivity contribution in [3.63, 3.8) is 0 Å². The zero-order chi connectivity index (χ0) is 9.68. The Morgan fingerprint density at radius 3 is 2.62 bits per heavy atom. The average Bonchev–Trinajstić information content (AvgIpc) is 2.18. The van der Waals surface area contributed by atoms with Gasteiger partial charge in [-0.25, -0.2) is 0 Å². The fourth-order valence-electron chi connectivity index (χ4n) is 2.05. The van der Waals surface area contributed by atoms with E-state index in [9.17, 15) is 0 Å². The van der Waals surface area contributed by atoms with Crippen LogP contribution in [-0.4, -0.2) is 33.1 Å². The lowest BCUT2D eigenvalue weighted by Gasteiger charge is -2.35. The molecule has 0 radical (unpaired) electrons. The number of hydrogen-bond acceptors (Lipinski definition) is 3. The quantitative estimate of drug-likeness (QED) is 0.721. The summed E-state index contributed by atoms with van der Waals surface area (Å²) >= 11 is 0. The number of piperidine rings is 1. The molecule has 78 valence electrons. The van der Waals surface area contributed by atoms with E-state index in [1.807, 2.05) is 0 Å². The summed E-state index contributed by atoms with van der Waals surface area (Å²) in [6, 6.07) is 0. The van der Waals surface area contributed by atoms with Crippen LogP contribution in [-0.2, 0) is 9.47 Å². The van der Waals surface area contributed by atoms with E-state index < -0.39 is 0 Å². The lowest BCUT2D eigenvalue weighted by atomic mass is 9.91. The summed E-state index contributed by atoms with van der Waals surface area (Å²) in [6.45, 7) is 3.12. The molecule has 0 bridgehead atoms. The van der Waals surface area contributed by atoms with Crippen LogP contribution in [0, 0.1) is 5.92 Å². The van der Waals surface area contributed by atoms with E-state index in [0.717, 1.165) is 13.0 Å². The molecule has 0 spiro atoms. The number of rotatable bonds is 4. The molecule has 0 saturated carbocycles. The van der Waals surface area contributed by atoms with Crippen molar-refractivity contribution in [3.05, 3.63) is 0 Å². The van der Waals surface area contributed by atoms with Crippen molar-refractivity contribution in [2.45, 2.75) is 38.5 Å². The van der Waals surface area contributed by atoms with Crippen molar-refractivity contribution in [2.75, 3.05) is 20.8 Å². The number of hydrogen-bond donors (Lipinski definition) is 1. The second-order valence-electron chi connectivity index (χ2n) is 3.71. The third-order valence-electron chi connectivity index (χ3n) is 2.79. The van der Waals surface area contributed by atoms with Crippen molar-refractivity contribution < 1.29 is 9.47 Å². The van der Waals surface area contributed by atoms with Crippen LogP contribution in [0.25, 0.3) is 0 Å². The summed E-state index contributed by atoms with van der Waals surface area (Å²) in [5.74, 6) is 0.605. The highest BCUT2D eigenvalue weighted by molar-refractivity contribution is 4.80. The van der Waals surface area contributed by atoms with E-state index in [1.54, 1.807) is 14.2 Å². The standard InChI is InChI=1S/C10H21NO2/c1-4-5-8-6-9(12-2)7-11-10(8)13-3/h8-11H,4-7H2,1-3H3. The maximum atomic E-state index is 5.38. The summed E-state index contributed by atoms with van der Waals surface area (Å²) < 4.78 is 10.7. The van der Waals surface area contributed by atoms with Crippen LogP contribution in [0.1, 0.15) is 26.2 Å². The van der Waals surface area contributed by atoms with Gasteiger partial charge in [-0.15, -0.1) is 0 Å². The van der Waals surface area contributed by atoms with Crippen molar-refractivity contribution in [1.82, 2.24) is 5.32 Å². The Morgan fingerprint density at radius 1 is 1.31 bits per heavy atom. The van der Waals surface area contributed by atoms with Gasteiger partial charge in [-0.1, -0.05) is 13.3 Å². The molecule has 1 heterocycles. The molecule has 1 fully saturated rings. The Labute approximate surface area is 80.8 Å². The Hall–Kier alpha value is -0.120. The molecule has 3 unspecified atom stereocenters. The van der Waals surface area contributed by atoms with Gasteiger partial charge >= 0.3 is 0 Å². The van der Waals surface area contributed by atoms with Crippen LogP contribution in [0.3, 0.4) is 0 Å². The van der Waals surface area contributed by atoms with Gasteiger partial charge in [-0.2, -0.15) is 0 Å². The van der Waals surface area contributed by atoms with Crippen LogP contribution >= 0.6 is 0 Å². The average molecular weight is 187 g/mol. The van der Waals surface area contributed by atoms with Gasteiger partial charge in [0, 0.05) is 26.7 Å². The fourth-order valence-corrected chi connectivity index (χ4v) is 2.05. The van der Waals surface area contributed by atoms with Crippen LogP contribution in [0.5, 0.6) is 0 Å². The highest BCUT2D eigenvalue weighted by Crippen LogP contribution is 2.23. The van der Waals surface area contributed by atoms with Crippen molar-refractivity contribution >= 4 is 0 Å². The maximum absolute atomic E-state index is 5.38. The molecule has 3 heteroatoms. The molecule has 1 aliphatic heterocycles. The Balaban J connectivity index is 2.42. The molecular formula is C10H21NO2. The van der Waals surface area contributed by atoms with Gasteiger partial charge in [0.25, 0.3) is 0 Å². The number of ether oxygens (including phenoxy) is 2.